The predicted octanol–water partition coefficient (Wildman–Crippen LogP) is 4.44. The summed E-state index contributed by atoms with van der Waals surface area (Å²) in [6.07, 6.45) is 3.80. The summed E-state index contributed by atoms with van der Waals surface area (Å²) in [6, 6.07) is 8.78. The summed E-state index contributed by atoms with van der Waals surface area (Å²) >= 11 is 1.52. The zero-order chi connectivity index (χ0) is 21.4. The number of nitro benzene ring substituents is 2. The molecule has 1 amide bonds. The van der Waals surface area contributed by atoms with Crippen molar-refractivity contribution < 1.29 is 14.6 Å². The van der Waals surface area contributed by atoms with Crippen molar-refractivity contribution in [3.63, 3.8) is 0 Å². The van der Waals surface area contributed by atoms with E-state index < -0.39 is 27.1 Å². The molecular weight excluding hydrogens is 410 g/mol. The first-order valence-corrected chi connectivity index (χ1v) is 9.49. The van der Waals surface area contributed by atoms with E-state index in [4.69, 9.17) is 0 Å². The number of imidazole rings is 1. The third-order valence-electron chi connectivity index (χ3n) is 4.55. The molecule has 11 heteroatoms. The van der Waals surface area contributed by atoms with Crippen LogP contribution in [0.1, 0.15) is 15.9 Å². The summed E-state index contributed by atoms with van der Waals surface area (Å²) in [6.45, 7) is 1.38. The lowest BCUT2D eigenvalue weighted by Gasteiger charge is -2.09. The predicted molar refractivity (Wildman–Crippen MR) is 111 cm³/mol. The Morgan fingerprint density at radius 2 is 1.87 bits per heavy atom. The van der Waals surface area contributed by atoms with Gasteiger partial charge in [-0.25, -0.2) is 4.98 Å². The summed E-state index contributed by atoms with van der Waals surface area (Å²) in [5, 5.41) is 26.8. The number of amides is 1. The van der Waals surface area contributed by atoms with Crippen molar-refractivity contribution in [2.45, 2.75) is 6.92 Å². The first kappa shape index (κ1) is 19.2. The molecule has 0 saturated carbocycles. The van der Waals surface area contributed by atoms with E-state index >= 15 is 0 Å². The maximum atomic E-state index is 12.7. The second kappa shape index (κ2) is 7.37. The molecule has 4 rings (SSSR count). The van der Waals surface area contributed by atoms with Crippen molar-refractivity contribution >= 4 is 39.3 Å². The molecule has 2 heterocycles. The third kappa shape index (κ3) is 3.49. The number of thiazole rings is 1. The van der Waals surface area contributed by atoms with E-state index in [2.05, 4.69) is 10.3 Å². The first-order valence-electron chi connectivity index (χ1n) is 8.61. The van der Waals surface area contributed by atoms with Crippen LogP contribution in [0.4, 0.5) is 17.1 Å². The molecular formula is C19H13N5O5S. The minimum Gasteiger partial charge on any atom is -0.322 e. The van der Waals surface area contributed by atoms with E-state index in [0.717, 1.165) is 28.4 Å². The van der Waals surface area contributed by atoms with Gasteiger partial charge in [0.25, 0.3) is 17.3 Å². The van der Waals surface area contributed by atoms with Gasteiger partial charge < -0.3 is 5.32 Å². The van der Waals surface area contributed by atoms with Gasteiger partial charge in [0.1, 0.15) is 0 Å². The van der Waals surface area contributed by atoms with Crippen LogP contribution in [0.25, 0.3) is 16.2 Å². The molecule has 0 aliphatic rings. The molecule has 0 aliphatic heterocycles. The smallest absolute Gasteiger partial charge is 0.279 e. The standard InChI is InChI=1S/C19H13N5O5S/c1-11-15(8-14(23(26)27)9-17(11)24(28)29)18(25)20-13-4-2-12(3-5-13)16-10-22-6-7-30-19(22)21-16/h2-10H,1H3,(H,20,25). The zero-order valence-electron chi connectivity index (χ0n) is 15.4. The van der Waals surface area contributed by atoms with Gasteiger partial charge in [-0.05, 0) is 19.1 Å². The number of fused-ring (bicyclic) bond motifs is 1. The fourth-order valence-corrected chi connectivity index (χ4v) is 3.70. The SMILES string of the molecule is Cc1c(C(=O)Nc2ccc(-c3cn4ccsc4n3)cc2)cc([N+](=O)[O-])cc1[N+](=O)[O-]. The average molecular weight is 423 g/mol. The highest BCUT2D eigenvalue weighted by atomic mass is 32.1. The van der Waals surface area contributed by atoms with Crippen LogP contribution in [-0.2, 0) is 0 Å². The maximum absolute atomic E-state index is 12.7. The van der Waals surface area contributed by atoms with Crippen molar-refractivity contribution in [2.24, 2.45) is 0 Å². The molecule has 2 aromatic heterocycles. The Kier molecular flexibility index (Phi) is 4.72. The van der Waals surface area contributed by atoms with Gasteiger partial charge in [0.05, 0.1) is 27.2 Å². The first-order chi connectivity index (χ1) is 14.3. The quantitative estimate of drug-likeness (QED) is 0.373. The molecule has 0 spiro atoms. The number of anilines is 1. The Labute approximate surface area is 172 Å². The number of nitrogens with zero attached hydrogens (tertiary/aromatic N) is 4. The highest BCUT2D eigenvalue weighted by Gasteiger charge is 2.24. The van der Waals surface area contributed by atoms with Crippen LogP contribution in [0.2, 0.25) is 0 Å². The van der Waals surface area contributed by atoms with Gasteiger partial charge in [0.15, 0.2) is 4.96 Å². The molecule has 2 aromatic carbocycles. The summed E-state index contributed by atoms with van der Waals surface area (Å²) in [4.78, 5) is 38.8. The van der Waals surface area contributed by atoms with Crippen LogP contribution in [0.5, 0.6) is 0 Å². The topological polar surface area (TPSA) is 133 Å². The molecule has 0 bridgehead atoms. The summed E-state index contributed by atoms with van der Waals surface area (Å²) < 4.78 is 1.91. The van der Waals surface area contributed by atoms with Gasteiger partial charge in [-0.1, -0.05) is 12.1 Å². The minimum atomic E-state index is -0.770. The van der Waals surface area contributed by atoms with E-state index in [1.54, 1.807) is 24.3 Å². The number of non-ortho nitro benzene ring substituents is 1. The van der Waals surface area contributed by atoms with Crippen molar-refractivity contribution in [1.29, 1.82) is 0 Å². The number of carbonyl (C=O) groups is 1. The average Bonchev–Trinajstić information content (AvgIpc) is 3.30. The zero-order valence-corrected chi connectivity index (χ0v) is 16.3. The van der Waals surface area contributed by atoms with Crippen LogP contribution in [-0.4, -0.2) is 25.1 Å². The molecule has 0 radical (unpaired) electrons. The van der Waals surface area contributed by atoms with Gasteiger partial charge in [0, 0.05) is 40.7 Å². The van der Waals surface area contributed by atoms with Gasteiger partial charge in [-0.3, -0.25) is 29.4 Å². The van der Waals surface area contributed by atoms with Crippen LogP contribution in [0.15, 0.2) is 54.2 Å². The summed E-state index contributed by atoms with van der Waals surface area (Å²) in [5.41, 5.74) is 0.999. The van der Waals surface area contributed by atoms with E-state index in [0.29, 0.717) is 5.69 Å². The Morgan fingerprint density at radius 1 is 1.13 bits per heavy atom. The lowest BCUT2D eigenvalue weighted by molar-refractivity contribution is -0.394. The molecule has 0 atom stereocenters. The van der Waals surface area contributed by atoms with E-state index in [1.165, 1.54) is 18.3 Å². The Bertz CT molecular complexity index is 1280. The summed E-state index contributed by atoms with van der Waals surface area (Å²) in [5.74, 6) is -0.672. The highest BCUT2D eigenvalue weighted by Crippen LogP contribution is 2.29. The number of rotatable bonds is 5. The van der Waals surface area contributed by atoms with Gasteiger partial charge >= 0.3 is 0 Å². The van der Waals surface area contributed by atoms with E-state index in [9.17, 15) is 25.0 Å². The Balaban J connectivity index is 1.60. The number of carbonyl (C=O) groups excluding carboxylic acids is 1. The van der Waals surface area contributed by atoms with Crippen LogP contribution >= 0.6 is 11.3 Å². The fourth-order valence-electron chi connectivity index (χ4n) is 3.00. The maximum Gasteiger partial charge on any atom is 0.279 e. The van der Waals surface area contributed by atoms with Gasteiger partial charge in [-0.15, -0.1) is 11.3 Å². The number of aromatic nitrogens is 2. The second-order valence-electron chi connectivity index (χ2n) is 6.40. The van der Waals surface area contributed by atoms with Gasteiger partial charge in [-0.2, -0.15) is 0 Å². The number of hydrogen-bond donors (Lipinski definition) is 1. The van der Waals surface area contributed by atoms with Crippen LogP contribution in [0, 0.1) is 27.2 Å². The number of benzene rings is 2. The minimum absolute atomic E-state index is 0.0535. The molecule has 30 heavy (non-hydrogen) atoms. The monoisotopic (exact) mass is 423 g/mol. The van der Waals surface area contributed by atoms with E-state index in [-0.39, 0.29) is 11.1 Å². The largest absolute Gasteiger partial charge is 0.322 e. The van der Waals surface area contributed by atoms with Crippen LogP contribution in [0.3, 0.4) is 0 Å². The number of hydrogen-bond acceptors (Lipinski definition) is 7. The van der Waals surface area contributed by atoms with E-state index in [1.807, 2.05) is 22.2 Å². The summed E-state index contributed by atoms with van der Waals surface area (Å²) in [7, 11) is 0. The normalized spacial score (nSPS) is 10.8. The molecule has 0 fully saturated rings. The molecule has 0 saturated heterocycles. The second-order valence-corrected chi connectivity index (χ2v) is 7.28. The number of nitrogens with one attached hydrogen (secondary N) is 1. The van der Waals surface area contributed by atoms with Crippen molar-refractivity contribution in [1.82, 2.24) is 9.38 Å². The molecule has 4 aromatic rings. The highest BCUT2D eigenvalue weighted by molar-refractivity contribution is 7.15. The molecule has 0 aliphatic carbocycles. The third-order valence-corrected chi connectivity index (χ3v) is 5.32. The Hall–Kier alpha value is -4.12. The number of nitro groups is 2. The Morgan fingerprint density at radius 3 is 2.50 bits per heavy atom. The molecule has 150 valence electrons. The van der Waals surface area contributed by atoms with Gasteiger partial charge in [0.2, 0.25) is 0 Å². The van der Waals surface area contributed by atoms with Crippen molar-refractivity contribution in [3.8, 4) is 11.3 Å². The molecule has 10 nitrogen and oxygen atoms in total. The lowest BCUT2D eigenvalue weighted by Crippen LogP contribution is -2.14. The molecule has 0 unspecified atom stereocenters. The van der Waals surface area contributed by atoms with Crippen molar-refractivity contribution in [3.05, 3.63) is 85.5 Å². The van der Waals surface area contributed by atoms with Crippen LogP contribution < -0.4 is 5.32 Å². The fraction of sp³-hybridized carbons (Fsp3) is 0.0526. The lowest BCUT2D eigenvalue weighted by atomic mass is 10.0. The molecule has 1 N–H and O–H groups in total. The van der Waals surface area contributed by atoms with Crippen molar-refractivity contribution in [2.75, 3.05) is 5.32 Å².